The first-order valence-electron chi connectivity index (χ1n) is 6.30. The summed E-state index contributed by atoms with van der Waals surface area (Å²) >= 11 is 1.24. The van der Waals surface area contributed by atoms with E-state index in [4.69, 9.17) is 0 Å². The standard InChI is InChI=1S/C14H14N2O4S2/c1-10-5-3-4-6-13(10)21-14-8-7-11(22(19,20)15-2)9-12(14)16(17)18/h3-9,15H,1-2H3. The molecule has 2 aromatic carbocycles. The Hall–Kier alpha value is -1.90. The second-order valence-corrected chi connectivity index (χ2v) is 7.43. The predicted molar refractivity (Wildman–Crippen MR) is 84.6 cm³/mol. The summed E-state index contributed by atoms with van der Waals surface area (Å²) in [7, 11) is -2.45. The summed E-state index contributed by atoms with van der Waals surface area (Å²) in [5, 5.41) is 11.2. The molecule has 116 valence electrons. The van der Waals surface area contributed by atoms with Crippen LogP contribution < -0.4 is 4.72 Å². The van der Waals surface area contributed by atoms with Gasteiger partial charge in [0.15, 0.2) is 0 Å². The Bertz CT molecular complexity index is 819. The van der Waals surface area contributed by atoms with Gasteiger partial charge in [0.1, 0.15) is 0 Å². The first kappa shape index (κ1) is 16.5. The van der Waals surface area contributed by atoms with E-state index in [2.05, 4.69) is 4.72 Å². The SMILES string of the molecule is CNS(=O)(=O)c1ccc(Sc2ccccc2C)c([N+](=O)[O-])c1. The van der Waals surface area contributed by atoms with Gasteiger partial charge in [-0.15, -0.1) is 0 Å². The molecule has 0 unspecified atom stereocenters. The van der Waals surface area contributed by atoms with E-state index in [0.717, 1.165) is 16.5 Å². The molecule has 0 bridgehead atoms. The second-order valence-electron chi connectivity index (χ2n) is 4.46. The lowest BCUT2D eigenvalue weighted by Crippen LogP contribution is -2.18. The molecule has 0 radical (unpaired) electrons. The summed E-state index contributed by atoms with van der Waals surface area (Å²) in [6, 6.07) is 11.4. The van der Waals surface area contributed by atoms with Crippen molar-refractivity contribution in [2.24, 2.45) is 0 Å². The molecule has 0 spiro atoms. The molecule has 0 heterocycles. The van der Waals surface area contributed by atoms with Crippen molar-refractivity contribution >= 4 is 27.5 Å². The fraction of sp³-hybridized carbons (Fsp3) is 0.143. The number of nitrogens with zero attached hydrogens (tertiary/aromatic N) is 1. The third-order valence-electron chi connectivity index (χ3n) is 3.02. The molecule has 0 aliphatic carbocycles. The van der Waals surface area contributed by atoms with E-state index in [9.17, 15) is 18.5 Å². The molecule has 2 aromatic rings. The highest BCUT2D eigenvalue weighted by molar-refractivity contribution is 7.99. The Morgan fingerprint density at radius 2 is 1.82 bits per heavy atom. The lowest BCUT2D eigenvalue weighted by atomic mass is 10.2. The molecule has 8 heteroatoms. The zero-order valence-corrected chi connectivity index (χ0v) is 13.6. The predicted octanol–water partition coefficient (Wildman–Crippen LogP) is 2.96. The third-order valence-corrected chi connectivity index (χ3v) is 5.67. The minimum absolute atomic E-state index is 0.129. The van der Waals surface area contributed by atoms with Crippen LogP contribution in [0.5, 0.6) is 0 Å². The fourth-order valence-corrected chi connectivity index (χ4v) is 3.54. The van der Waals surface area contributed by atoms with Gasteiger partial charge in [-0.25, -0.2) is 13.1 Å². The molecule has 0 aromatic heterocycles. The molecule has 0 saturated heterocycles. The quantitative estimate of drug-likeness (QED) is 0.669. The van der Waals surface area contributed by atoms with Crippen molar-refractivity contribution in [2.75, 3.05) is 7.05 Å². The summed E-state index contributed by atoms with van der Waals surface area (Å²) in [6.07, 6.45) is 0. The Balaban J connectivity index is 2.49. The Labute approximate surface area is 132 Å². The first-order valence-corrected chi connectivity index (χ1v) is 8.60. The molecule has 22 heavy (non-hydrogen) atoms. The summed E-state index contributed by atoms with van der Waals surface area (Å²) in [5.41, 5.74) is 0.762. The number of hydrogen-bond acceptors (Lipinski definition) is 5. The van der Waals surface area contributed by atoms with Crippen molar-refractivity contribution < 1.29 is 13.3 Å². The van der Waals surface area contributed by atoms with Gasteiger partial charge in [0.25, 0.3) is 5.69 Å². The van der Waals surface area contributed by atoms with Crippen LogP contribution in [0.25, 0.3) is 0 Å². The summed E-state index contributed by atoms with van der Waals surface area (Å²) in [4.78, 5) is 11.8. The minimum atomic E-state index is -3.72. The van der Waals surface area contributed by atoms with Gasteiger partial charge < -0.3 is 0 Å². The minimum Gasteiger partial charge on any atom is -0.258 e. The molecule has 0 aliphatic rings. The van der Waals surface area contributed by atoms with Gasteiger partial charge in [-0.3, -0.25) is 10.1 Å². The van der Waals surface area contributed by atoms with Crippen LogP contribution in [0, 0.1) is 17.0 Å². The van der Waals surface area contributed by atoms with Crippen LogP contribution in [0.1, 0.15) is 5.56 Å². The largest absolute Gasteiger partial charge is 0.284 e. The smallest absolute Gasteiger partial charge is 0.258 e. The topological polar surface area (TPSA) is 89.3 Å². The Kier molecular flexibility index (Phi) is 4.84. The molecule has 0 aliphatic heterocycles. The second kappa shape index (κ2) is 6.47. The van der Waals surface area contributed by atoms with Crippen LogP contribution in [0.2, 0.25) is 0 Å². The first-order chi connectivity index (χ1) is 10.3. The molecule has 0 saturated carbocycles. The maximum Gasteiger partial charge on any atom is 0.284 e. The van der Waals surface area contributed by atoms with Crippen LogP contribution in [-0.4, -0.2) is 20.4 Å². The fourth-order valence-electron chi connectivity index (χ4n) is 1.80. The van der Waals surface area contributed by atoms with Gasteiger partial charge in [-0.1, -0.05) is 30.0 Å². The zero-order chi connectivity index (χ0) is 16.3. The molecule has 1 N–H and O–H groups in total. The van der Waals surface area contributed by atoms with Gasteiger partial charge >= 0.3 is 0 Å². The van der Waals surface area contributed by atoms with Gasteiger partial charge in [0, 0.05) is 11.0 Å². The van der Waals surface area contributed by atoms with Crippen molar-refractivity contribution in [3.8, 4) is 0 Å². The van der Waals surface area contributed by atoms with Crippen molar-refractivity contribution in [1.82, 2.24) is 4.72 Å². The maximum absolute atomic E-state index is 11.8. The highest BCUT2D eigenvalue weighted by Crippen LogP contribution is 2.37. The van der Waals surface area contributed by atoms with Crippen molar-refractivity contribution in [3.05, 3.63) is 58.1 Å². The van der Waals surface area contributed by atoms with E-state index < -0.39 is 14.9 Å². The zero-order valence-electron chi connectivity index (χ0n) is 11.9. The number of nitro benzene ring substituents is 1. The van der Waals surface area contributed by atoms with Crippen molar-refractivity contribution in [2.45, 2.75) is 21.6 Å². The van der Waals surface area contributed by atoms with E-state index >= 15 is 0 Å². The number of aryl methyl sites for hydroxylation is 1. The highest BCUT2D eigenvalue weighted by atomic mass is 32.2. The van der Waals surface area contributed by atoms with Gasteiger partial charge in [0.2, 0.25) is 10.0 Å². The average Bonchev–Trinajstić information content (AvgIpc) is 2.49. The number of nitrogens with one attached hydrogen (secondary N) is 1. The molecule has 2 rings (SSSR count). The monoisotopic (exact) mass is 338 g/mol. The van der Waals surface area contributed by atoms with Crippen molar-refractivity contribution in [1.29, 1.82) is 0 Å². The normalized spacial score (nSPS) is 11.4. The van der Waals surface area contributed by atoms with E-state index in [1.807, 2.05) is 31.2 Å². The summed E-state index contributed by atoms with van der Waals surface area (Å²) < 4.78 is 25.7. The molecule has 0 atom stereocenters. The number of hydrogen-bond donors (Lipinski definition) is 1. The summed E-state index contributed by atoms with van der Waals surface area (Å²) in [6.45, 7) is 1.91. The third kappa shape index (κ3) is 3.46. The van der Waals surface area contributed by atoms with Crippen LogP contribution in [0.3, 0.4) is 0 Å². The molecule has 0 fully saturated rings. The molecular weight excluding hydrogens is 324 g/mol. The highest BCUT2D eigenvalue weighted by Gasteiger charge is 2.21. The van der Waals surface area contributed by atoms with Gasteiger partial charge in [-0.2, -0.15) is 0 Å². The number of benzene rings is 2. The van der Waals surface area contributed by atoms with Crippen LogP contribution in [0.15, 0.2) is 57.2 Å². The van der Waals surface area contributed by atoms with Crippen molar-refractivity contribution in [3.63, 3.8) is 0 Å². The van der Waals surface area contributed by atoms with E-state index in [1.165, 1.54) is 30.9 Å². The van der Waals surface area contributed by atoms with E-state index in [-0.39, 0.29) is 10.6 Å². The number of nitro groups is 1. The van der Waals surface area contributed by atoms with Crippen LogP contribution >= 0.6 is 11.8 Å². The van der Waals surface area contributed by atoms with Gasteiger partial charge in [-0.05, 0) is 37.7 Å². The lowest BCUT2D eigenvalue weighted by molar-refractivity contribution is -0.388. The number of sulfonamides is 1. The van der Waals surface area contributed by atoms with Gasteiger partial charge in [0.05, 0.1) is 14.7 Å². The molecule has 0 amide bonds. The van der Waals surface area contributed by atoms with E-state index in [0.29, 0.717) is 4.90 Å². The van der Waals surface area contributed by atoms with E-state index in [1.54, 1.807) is 0 Å². The molecule has 6 nitrogen and oxygen atoms in total. The lowest BCUT2D eigenvalue weighted by Gasteiger charge is -2.08. The Morgan fingerprint density at radius 3 is 2.41 bits per heavy atom. The van der Waals surface area contributed by atoms with Crippen LogP contribution in [-0.2, 0) is 10.0 Å². The maximum atomic E-state index is 11.8. The Morgan fingerprint density at radius 1 is 1.14 bits per heavy atom. The van der Waals surface area contributed by atoms with Crippen LogP contribution in [0.4, 0.5) is 5.69 Å². The summed E-state index contributed by atoms with van der Waals surface area (Å²) in [5.74, 6) is 0. The molecular formula is C14H14N2O4S2. The average molecular weight is 338 g/mol. The number of rotatable bonds is 5.